The second-order valence-corrected chi connectivity index (χ2v) is 9.49. The second kappa shape index (κ2) is 7.58. The first-order valence-corrected chi connectivity index (χ1v) is 12.1. The van der Waals surface area contributed by atoms with Crippen molar-refractivity contribution in [1.82, 2.24) is 0 Å². The van der Waals surface area contributed by atoms with E-state index in [-0.39, 0.29) is 5.43 Å². The predicted octanol–water partition coefficient (Wildman–Crippen LogP) is 6.91. The van der Waals surface area contributed by atoms with E-state index in [1.165, 1.54) is 59.8 Å². The largest absolute Gasteiger partial charge is 0.289 e. The minimum Gasteiger partial charge on any atom is -0.289 e. The summed E-state index contributed by atoms with van der Waals surface area (Å²) < 4.78 is 3.60. The Morgan fingerprint density at radius 3 is 2.55 bits per heavy atom. The van der Waals surface area contributed by atoms with E-state index in [0.29, 0.717) is 6.04 Å². The van der Waals surface area contributed by atoms with Gasteiger partial charge in [-0.05, 0) is 42.5 Å². The summed E-state index contributed by atoms with van der Waals surface area (Å²) in [4.78, 5) is 13.1. The Hall–Kier alpha value is -3.04. The summed E-state index contributed by atoms with van der Waals surface area (Å²) in [7, 11) is 0. The molecule has 4 aromatic rings. The molecule has 1 aliphatic heterocycles. The highest BCUT2D eigenvalue weighted by Gasteiger charge is 2.36. The van der Waals surface area contributed by atoms with E-state index in [2.05, 4.69) is 47.0 Å². The smallest absolute Gasteiger partial charge is 0.214 e. The molecule has 1 fully saturated rings. The van der Waals surface area contributed by atoms with Gasteiger partial charge < -0.3 is 0 Å². The van der Waals surface area contributed by atoms with Crippen LogP contribution in [0.1, 0.15) is 43.2 Å². The van der Waals surface area contributed by atoms with E-state index in [1.54, 1.807) is 11.3 Å². The Morgan fingerprint density at radius 1 is 0.871 bits per heavy atom. The Labute approximate surface area is 185 Å². The summed E-state index contributed by atoms with van der Waals surface area (Å²) >= 11 is 1.64. The van der Waals surface area contributed by atoms with Gasteiger partial charge in [0.25, 0.3) is 0 Å². The molecule has 2 heterocycles. The predicted molar refractivity (Wildman–Crippen MR) is 132 cm³/mol. The minimum absolute atomic E-state index is 0.115. The normalized spacial score (nSPS) is 16.8. The van der Waals surface area contributed by atoms with Crippen molar-refractivity contribution in [3.63, 3.8) is 0 Å². The molecule has 0 radical (unpaired) electrons. The van der Waals surface area contributed by atoms with Crippen molar-refractivity contribution in [2.24, 2.45) is 0 Å². The molecule has 0 unspecified atom stereocenters. The number of nitrogens with zero attached hydrogens (tertiary/aromatic N) is 1. The molecule has 152 valence electrons. The maximum absolute atomic E-state index is 13.1. The zero-order chi connectivity index (χ0) is 20.8. The lowest BCUT2D eigenvalue weighted by atomic mass is 9.94. The summed E-state index contributed by atoms with van der Waals surface area (Å²) in [5, 5.41) is 5.44. The van der Waals surface area contributed by atoms with Crippen LogP contribution >= 0.6 is 11.3 Å². The van der Waals surface area contributed by atoms with E-state index in [1.807, 2.05) is 35.7 Å². The number of hydrogen-bond donors (Lipinski definition) is 0. The fraction of sp³-hybridized carbons (Fsp3) is 0.214. The number of benzene rings is 3. The second-order valence-electron chi connectivity index (χ2n) is 8.58. The topological polar surface area (TPSA) is 20.1 Å². The molecular formula is C28H24NOS+. The highest BCUT2D eigenvalue weighted by atomic mass is 32.1. The Bertz CT molecular complexity index is 1430. The van der Waals surface area contributed by atoms with Crippen LogP contribution in [-0.2, 0) is 0 Å². The van der Waals surface area contributed by atoms with Gasteiger partial charge in [-0.1, -0.05) is 42.8 Å². The zero-order valence-corrected chi connectivity index (χ0v) is 18.2. The summed E-state index contributed by atoms with van der Waals surface area (Å²) in [5.41, 5.74) is 4.72. The average Bonchev–Trinajstić information content (AvgIpc) is 3.15. The van der Waals surface area contributed by atoms with Crippen LogP contribution in [0.3, 0.4) is 0 Å². The Balaban J connectivity index is 1.52. The molecule has 0 N–H and O–H groups in total. The number of fused-ring (bicyclic) bond motifs is 1. The fourth-order valence-electron chi connectivity index (χ4n) is 5.27. The van der Waals surface area contributed by atoms with Crippen LogP contribution in [0.5, 0.6) is 0 Å². The van der Waals surface area contributed by atoms with Gasteiger partial charge in [0.1, 0.15) is 0 Å². The van der Waals surface area contributed by atoms with Gasteiger partial charge in [-0.3, -0.25) is 4.79 Å². The quantitative estimate of drug-likeness (QED) is 0.329. The maximum atomic E-state index is 13.1. The van der Waals surface area contributed by atoms with Crippen LogP contribution in [-0.4, -0.2) is 16.3 Å². The van der Waals surface area contributed by atoms with Crippen LogP contribution in [0, 0.1) is 0 Å². The first-order valence-electron chi connectivity index (χ1n) is 11.2. The van der Waals surface area contributed by atoms with Gasteiger partial charge in [-0.25, -0.2) is 0 Å². The van der Waals surface area contributed by atoms with Crippen molar-refractivity contribution in [3.05, 3.63) is 93.5 Å². The average molecular weight is 423 g/mol. The van der Waals surface area contributed by atoms with Crippen molar-refractivity contribution >= 4 is 49.7 Å². The molecule has 1 aliphatic carbocycles. The number of allylic oxidation sites excluding steroid dienone is 1. The van der Waals surface area contributed by atoms with Crippen LogP contribution in [0.25, 0.3) is 26.9 Å². The summed E-state index contributed by atoms with van der Waals surface area (Å²) in [5.74, 6) is 0. The van der Waals surface area contributed by atoms with Gasteiger partial charge >= 0.3 is 0 Å². The molecule has 0 bridgehead atoms. The molecule has 0 saturated heterocycles. The highest BCUT2D eigenvalue weighted by Crippen LogP contribution is 2.39. The molecule has 3 aromatic carbocycles. The van der Waals surface area contributed by atoms with E-state index >= 15 is 0 Å². The third-order valence-electron chi connectivity index (χ3n) is 6.75. The van der Waals surface area contributed by atoms with Crippen molar-refractivity contribution < 1.29 is 4.58 Å². The fourth-order valence-corrected chi connectivity index (χ4v) is 6.16. The van der Waals surface area contributed by atoms with E-state index < -0.39 is 0 Å². The van der Waals surface area contributed by atoms with Crippen molar-refractivity contribution in [1.29, 1.82) is 0 Å². The molecule has 2 aliphatic rings. The van der Waals surface area contributed by atoms with Crippen LogP contribution in [0.2, 0.25) is 0 Å². The molecule has 3 heteroatoms. The minimum atomic E-state index is 0.115. The van der Waals surface area contributed by atoms with E-state index in [0.717, 1.165) is 15.6 Å². The molecule has 1 aromatic heterocycles. The molecule has 31 heavy (non-hydrogen) atoms. The van der Waals surface area contributed by atoms with Gasteiger partial charge in [0.15, 0.2) is 11.5 Å². The SMILES string of the molecule is O=c1c(/C=C/C2=[N+](C3CCCCC3)c3cccc4cccc2c34)csc2ccccc12. The lowest BCUT2D eigenvalue weighted by molar-refractivity contribution is -0.485. The van der Waals surface area contributed by atoms with Crippen LogP contribution in [0.15, 0.2) is 76.9 Å². The van der Waals surface area contributed by atoms with Crippen molar-refractivity contribution in [2.75, 3.05) is 0 Å². The molecule has 6 rings (SSSR count). The maximum Gasteiger partial charge on any atom is 0.214 e. The third-order valence-corrected chi connectivity index (χ3v) is 7.73. The molecule has 2 nitrogen and oxygen atoms in total. The number of hydrogen-bond acceptors (Lipinski definition) is 2. The molecule has 1 saturated carbocycles. The van der Waals surface area contributed by atoms with Gasteiger partial charge in [0.2, 0.25) is 11.4 Å². The van der Waals surface area contributed by atoms with Gasteiger partial charge in [-0.15, -0.1) is 11.3 Å². The standard InChI is InChI=1S/C28H24NOS/c30-28-20(18-31-26-15-5-4-12-23(26)28)16-17-24-22-13-6-8-19-9-7-14-25(27(19)22)29(24)21-10-2-1-3-11-21/h4-9,12-18,21H,1-3,10-11H2/q+1/b17-16+. The summed E-state index contributed by atoms with van der Waals surface area (Å²) in [6.45, 7) is 0. The van der Waals surface area contributed by atoms with Gasteiger partial charge in [0, 0.05) is 46.0 Å². The third kappa shape index (κ3) is 3.07. The molecule has 0 amide bonds. The lowest BCUT2D eigenvalue weighted by Crippen LogP contribution is -2.27. The highest BCUT2D eigenvalue weighted by molar-refractivity contribution is 7.16. The molecular weight excluding hydrogens is 398 g/mol. The number of rotatable bonds is 3. The van der Waals surface area contributed by atoms with Gasteiger partial charge in [0.05, 0.1) is 10.9 Å². The monoisotopic (exact) mass is 422 g/mol. The summed E-state index contributed by atoms with van der Waals surface area (Å²) in [6, 6.07) is 21.6. The van der Waals surface area contributed by atoms with Crippen LogP contribution < -0.4 is 5.43 Å². The molecule has 0 spiro atoms. The first-order chi connectivity index (χ1) is 15.3. The van der Waals surface area contributed by atoms with E-state index in [9.17, 15) is 4.79 Å². The van der Waals surface area contributed by atoms with E-state index in [4.69, 9.17) is 0 Å². The van der Waals surface area contributed by atoms with Crippen molar-refractivity contribution in [2.45, 2.75) is 38.1 Å². The van der Waals surface area contributed by atoms with Crippen LogP contribution in [0.4, 0.5) is 5.69 Å². The Morgan fingerprint density at radius 2 is 1.68 bits per heavy atom. The zero-order valence-electron chi connectivity index (χ0n) is 17.4. The summed E-state index contributed by atoms with van der Waals surface area (Å²) in [6.07, 6.45) is 10.6. The lowest BCUT2D eigenvalue weighted by Gasteiger charge is -2.19. The van der Waals surface area contributed by atoms with Gasteiger partial charge in [-0.2, -0.15) is 4.58 Å². The van der Waals surface area contributed by atoms with Crippen molar-refractivity contribution in [3.8, 4) is 0 Å². The first kappa shape index (κ1) is 18.7. The molecule has 0 atom stereocenters. The Kier molecular flexibility index (Phi) is 4.57.